The maximum atomic E-state index is 12.4. The highest BCUT2D eigenvalue weighted by Crippen LogP contribution is 2.29. The number of hydrogen-bond donors (Lipinski definition) is 0. The van der Waals surface area contributed by atoms with Crippen LogP contribution in [0, 0.1) is 5.92 Å². The lowest BCUT2D eigenvalue weighted by molar-refractivity contribution is -0.141. The van der Waals surface area contributed by atoms with Gasteiger partial charge in [-0.25, -0.2) is 0 Å². The van der Waals surface area contributed by atoms with Gasteiger partial charge in [0.05, 0.1) is 0 Å². The van der Waals surface area contributed by atoms with Crippen molar-refractivity contribution >= 4 is 5.82 Å². The highest BCUT2D eigenvalue weighted by atomic mass is 19.4. The third-order valence-corrected chi connectivity index (χ3v) is 3.48. The Morgan fingerprint density at radius 3 is 2.68 bits per heavy atom. The second-order valence-electron chi connectivity index (χ2n) is 5.02. The number of anilines is 1. The number of rotatable bonds is 3. The van der Waals surface area contributed by atoms with E-state index < -0.39 is 11.9 Å². The summed E-state index contributed by atoms with van der Waals surface area (Å²) < 4.78 is 37.2. The van der Waals surface area contributed by atoms with Gasteiger partial charge in [0.25, 0.3) is 0 Å². The second-order valence-corrected chi connectivity index (χ2v) is 5.02. The molecule has 1 atom stereocenters. The van der Waals surface area contributed by atoms with E-state index in [0.29, 0.717) is 11.7 Å². The topological polar surface area (TPSA) is 29.0 Å². The molecular weight excluding hydrogens is 255 g/mol. The summed E-state index contributed by atoms with van der Waals surface area (Å²) in [6.45, 7) is 3.87. The molecule has 1 saturated heterocycles. The van der Waals surface area contributed by atoms with Gasteiger partial charge in [0, 0.05) is 13.1 Å². The molecule has 2 rings (SSSR count). The normalized spacial score (nSPS) is 20.6. The average Bonchev–Trinajstić information content (AvgIpc) is 2.39. The van der Waals surface area contributed by atoms with Gasteiger partial charge in [-0.3, -0.25) is 0 Å². The summed E-state index contributed by atoms with van der Waals surface area (Å²) >= 11 is 0. The molecule has 0 spiro atoms. The van der Waals surface area contributed by atoms with Crippen molar-refractivity contribution < 1.29 is 13.2 Å². The number of nitrogens with zero attached hydrogens (tertiary/aromatic N) is 3. The van der Waals surface area contributed by atoms with Gasteiger partial charge < -0.3 is 4.90 Å². The molecule has 0 aliphatic carbocycles. The van der Waals surface area contributed by atoms with E-state index in [2.05, 4.69) is 17.1 Å². The lowest BCUT2D eigenvalue weighted by Crippen LogP contribution is -2.36. The minimum Gasteiger partial charge on any atom is -0.355 e. The van der Waals surface area contributed by atoms with Crippen molar-refractivity contribution in [1.29, 1.82) is 0 Å². The van der Waals surface area contributed by atoms with E-state index in [1.165, 1.54) is 12.5 Å². The summed E-state index contributed by atoms with van der Waals surface area (Å²) in [7, 11) is 0. The quantitative estimate of drug-likeness (QED) is 0.844. The zero-order valence-electron chi connectivity index (χ0n) is 11.0. The van der Waals surface area contributed by atoms with Gasteiger partial charge in [-0.1, -0.05) is 13.3 Å². The van der Waals surface area contributed by atoms with Crippen molar-refractivity contribution in [1.82, 2.24) is 10.2 Å². The zero-order valence-corrected chi connectivity index (χ0v) is 11.0. The Kier molecular flexibility index (Phi) is 4.27. The standard InChI is InChI=1S/C13H18F3N3/c1-2-4-10-5-3-8-19(9-10)12-7-6-11(17-18-12)13(14,15)16/h6-7,10H,2-5,8-9H2,1H3. The van der Waals surface area contributed by atoms with Crippen LogP contribution in [0.5, 0.6) is 0 Å². The van der Waals surface area contributed by atoms with Gasteiger partial charge in [-0.2, -0.15) is 13.2 Å². The van der Waals surface area contributed by atoms with Crippen LogP contribution in [0.1, 0.15) is 38.3 Å². The SMILES string of the molecule is CCCC1CCCN(c2ccc(C(F)(F)F)nn2)C1. The third kappa shape index (κ3) is 3.58. The molecule has 0 amide bonds. The molecule has 1 aromatic rings. The van der Waals surface area contributed by atoms with E-state index in [9.17, 15) is 13.2 Å². The molecule has 3 nitrogen and oxygen atoms in total. The van der Waals surface area contributed by atoms with Gasteiger partial charge in [-0.15, -0.1) is 10.2 Å². The minimum absolute atomic E-state index is 0.550. The first-order chi connectivity index (χ1) is 9.00. The van der Waals surface area contributed by atoms with Crippen molar-refractivity contribution in [3.05, 3.63) is 17.8 Å². The highest BCUT2D eigenvalue weighted by molar-refractivity contribution is 5.38. The molecule has 1 aromatic heterocycles. The van der Waals surface area contributed by atoms with Crippen LogP contribution >= 0.6 is 0 Å². The smallest absolute Gasteiger partial charge is 0.355 e. The molecule has 2 heterocycles. The molecule has 1 aliphatic rings. The molecule has 0 N–H and O–H groups in total. The minimum atomic E-state index is -4.42. The summed E-state index contributed by atoms with van der Waals surface area (Å²) in [5.41, 5.74) is -0.932. The van der Waals surface area contributed by atoms with Crippen molar-refractivity contribution in [2.45, 2.75) is 38.8 Å². The van der Waals surface area contributed by atoms with Crippen LogP contribution in [0.15, 0.2) is 12.1 Å². The predicted octanol–water partition coefficient (Wildman–Crippen LogP) is 3.51. The van der Waals surface area contributed by atoms with E-state index in [1.54, 1.807) is 0 Å². The Bertz CT molecular complexity index is 401. The summed E-state index contributed by atoms with van der Waals surface area (Å²) in [6.07, 6.45) is 0.131. The molecule has 1 unspecified atom stereocenters. The Morgan fingerprint density at radius 2 is 2.11 bits per heavy atom. The first-order valence-electron chi connectivity index (χ1n) is 6.66. The summed E-state index contributed by atoms with van der Waals surface area (Å²) in [6, 6.07) is 2.43. The van der Waals surface area contributed by atoms with Gasteiger partial charge in [0.2, 0.25) is 0 Å². The van der Waals surface area contributed by atoms with Gasteiger partial charge in [0.15, 0.2) is 11.5 Å². The summed E-state index contributed by atoms with van der Waals surface area (Å²) in [4.78, 5) is 2.04. The van der Waals surface area contributed by atoms with Crippen LogP contribution in [-0.2, 0) is 6.18 Å². The monoisotopic (exact) mass is 273 g/mol. The molecule has 1 aliphatic heterocycles. The Balaban J connectivity index is 2.05. The van der Waals surface area contributed by atoms with E-state index in [-0.39, 0.29) is 0 Å². The lowest BCUT2D eigenvalue weighted by atomic mass is 9.94. The number of hydrogen-bond acceptors (Lipinski definition) is 3. The number of halogens is 3. The predicted molar refractivity (Wildman–Crippen MR) is 66.9 cm³/mol. The van der Waals surface area contributed by atoms with Gasteiger partial charge in [-0.05, 0) is 37.3 Å². The summed E-state index contributed by atoms with van der Waals surface area (Å²) in [5, 5.41) is 7.00. The first kappa shape index (κ1) is 14.1. The van der Waals surface area contributed by atoms with Crippen molar-refractivity contribution in [2.24, 2.45) is 5.92 Å². The van der Waals surface area contributed by atoms with Crippen LogP contribution in [0.25, 0.3) is 0 Å². The van der Waals surface area contributed by atoms with Crippen LogP contribution < -0.4 is 4.90 Å². The average molecular weight is 273 g/mol. The van der Waals surface area contributed by atoms with E-state index in [4.69, 9.17) is 0 Å². The molecule has 0 saturated carbocycles. The molecular formula is C13H18F3N3. The molecule has 1 fully saturated rings. The van der Waals surface area contributed by atoms with Crippen molar-refractivity contribution in [3.63, 3.8) is 0 Å². The number of piperidine rings is 1. The lowest BCUT2D eigenvalue weighted by Gasteiger charge is -2.33. The first-order valence-corrected chi connectivity index (χ1v) is 6.66. The van der Waals surface area contributed by atoms with Gasteiger partial charge in [0.1, 0.15) is 0 Å². The maximum absolute atomic E-state index is 12.4. The molecule has 106 valence electrons. The third-order valence-electron chi connectivity index (χ3n) is 3.48. The van der Waals surface area contributed by atoms with E-state index in [0.717, 1.165) is 38.4 Å². The van der Waals surface area contributed by atoms with Crippen LogP contribution in [0.2, 0.25) is 0 Å². The second kappa shape index (κ2) is 5.75. The Morgan fingerprint density at radius 1 is 1.32 bits per heavy atom. The summed E-state index contributed by atoms with van der Waals surface area (Å²) in [5.74, 6) is 1.16. The fourth-order valence-electron chi connectivity index (χ4n) is 2.56. The maximum Gasteiger partial charge on any atom is 0.435 e. The van der Waals surface area contributed by atoms with Crippen LogP contribution in [-0.4, -0.2) is 23.3 Å². The fraction of sp³-hybridized carbons (Fsp3) is 0.692. The molecule has 0 aromatic carbocycles. The largest absolute Gasteiger partial charge is 0.435 e. The molecule has 6 heteroatoms. The van der Waals surface area contributed by atoms with Crippen LogP contribution in [0.3, 0.4) is 0 Å². The molecule has 0 bridgehead atoms. The molecule has 0 radical (unpaired) electrons. The van der Waals surface area contributed by atoms with Crippen molar-refractivity contribution in [3.8, 4) is 0 Å². The Hall–Kier alpha value is -1.33. The Labute approximate surface area is 110 Å². The number of alkyl halides is 3. The van der Waals surface area contributed by atoms with Crippen molar-refractivity contribution in [2.75, 3.05) is 18.0 Å². The van der Waals surface area contributed by atoms with E-state index in [1.807, 2.05) is 4.90 Å². The highest BCUT2D eigenvalue weighted by Gasteiger charge is 2.33. The zero-order chi connectivity index (χ0) is 13.9. The molecule has 19 heavy (non-hydrogen) atoms. The van der Waals surface area contributed by atoms with Crippen LogP contribution in [0.4, 0.5) is 19.0 Å². The van der Waals surface area contributed by atoms with E-state index >= 15 is 0 Å². The fourth-order valence-corrected chi connectivity index (χ4v) is 2.56. The number of aromatic nitrogens is 2. The van der Waals surface area contributed by atoms with Gasteiger partial charge >= 0.3 is 6.18 Å².